The maximum absolute atomic E-state index is 10.2. The van der Waals surface area contributed by atoms with E-state index in [2.05, 4.69) is 13.0 Å². The predicted octanol–water partition coefficient (Wildman–Crippen LogP) is 4.66. The molecule has 98 valence electrons. The van der Waals surface area contributed by atoms with E-state index in [-0.39, 0.29) is 0 Å². The molecule has 0 bridgehead atoms. The third-order valence-corrected chi connectivity index (χ3v) is 9.37. The van der Waals surface area contributed by atoms with Gasteiger partial charge in [0.2, 0.25) is 0 Å². The van der Waals surface area contributed by atoms with Gasteiger partial charge >= 0.3 is 0 Å². The SMILES string of the molecule is Cc1c(C2SCCS2)ccc(O)c1C1SCCS1. The predicted molar refractivity (Wildman–Crippen MR) is 88.2 cm³/mol. The summed E-state index contributed by atoms with van der Waals surface area (Å²) in [5.74, 6) is 5.38. The molecule has 3 rings (SSSR count). The van der Waals surface area contributed by atoms with Crippen LogP contribution in [-0.4, -0.2) is 28.1 Å². The van der Waals surface area contributed by atoms with Crippen LogP contribution < -0.4 is 0 Å². The zero-order chi connectivity index (χ0) is 12.5. The lowest BCUT2D eigenvalue weighted by Gasteiger charge is -2.19. The molecule has 0 saturated carbocycles. The van der Waals surface area contributed by atoms with Crippen LogP contribution in [0.3, 0.4) is 0 Å². The molecule has 2 saturated heterocycles. The van der Waals surface area contributed by atoms with Crippen molar-refractivity contribution >= 4 is 47.0 Å². The van der Waals surface area contributed by atoms with Crippen molar-refractivity contribution in [3.05, 3.63) is 28.8 Å². The first-order valence-electron chi connectivity index (χ1n) is 6.06. The number of phenols is 1. The molecule has 0 radical (unpaired) electrons. The van der Waals surface area contributed by atoms with Crippen molar-refractivity contribution in [3.8, 4) is 5.75 Å². The molecule has 2 fully saturated rings. The minimum Gasteiger partial charge on any atom is -0.508 e. The Labute approximate surface area is 125 Å². The number of hydrogen-bond acceptors (Lipinski definition) is 5. The summed E-state index contributed by atoms with van der Waals surface area (Å²) in [5, 5.41) is 10.2. The highest BCUT2D eigenvalue weighted by Gasteiger charge is 2.27. The fraction of sp³-hybridized carbons (Fsp3) is 0.538. The molecule has 2 heterocycles. The van der Waals surface area contributed by atoms with Gasteiger partial charge in [-0.05, 0) is 24.1 Å². The van der Waals surface area contributed by atoms with E-state index in [1.54, 1.807) is 0 Å². The van der Waals surface area contributed by atoms with Gasteiger partial charge < -0.3 is 5.11 Å². The van der Waals surface area contributed by atoms with Crippen LogP contribution >= 0.6 is 47.0 Å². The zero-order valence-electron chi connectivity index (χ0n) is 10.2. The summed E-state index contributed by atoms with van der Waals surface area (Å²) < 4.78 is 1.00. The Balaban J connectivity index is 1.98. The maximum atomic E-state index is 10.2. The number of aromatic hydroxyl groups is 1. The van der Waals surface area contributed by atoms with Gasteiger partial charge in [-0.25, -0.2) is 0 Å². The summed E-state index contributed by atoms with van der Waals surface area (Å²) >= 11 is 8.00. The van der Waals surface area contributed by atoms with E-state index in [0.29, 0.717) is 14.9 Å². The maximum Gasteiger partial charge on any atom is 0.121 e. The highest BCUT2D eigenvalue weighted by atomic mass is 32.2. The summed E-state index contributed by atoms with van der Waals surface area (Å²) in [6.45, 7) is 2.18. The molecule has 0 amide bonds. The molecule has 1 aromatic carbocycles. The van der Waals surface area contributed by atoms with Crippen molar-refractivity contribution in [2.24, 2.45) is 0 Å². The van der Waals surface area contributed by atoms with Gasteiger partial charge in [0.1, 0.15) is 5.75 Å². The van der Waals surface area contributed by atoms with E-state index in [9.17, 15) is 5.11 Å². The lowest BCUT2D eigenvalue weighted by molar-refractivity contribution is 0.469. The van der Waals surface area contributed by atoms with E-state index in [0.717, 1.165) is 0 Å². The van der Waals surface area contributed by atoms with Crippen molar-refractivity contribution in [3.63, 3.8) is 0 Å². The third kappa shape index (κ3) is 2.51. The van der Waals surface area contributed by atoms with E-state index in [1.807, 2.05) is 53.1 Å². The second-order valence-corrected chi connectivity index (χ2v) is 9.81. The van der Waals surface area contributed by atoms with E-state index in [1.165, 1.54) is 39.7 Å². The van der Waals surface area contributed by atoms with Gasteiger partial charge in [-0.15, -0.1) is 47.0 Å². The highest BCUT2D eigenvalue weighted by molar-refractivity contribution is 8.19. The van der Waals surface area contributed by atoms with Crippen LogP contribution in [0, 0.1) is 6.92 Å². The summed E-state index contributed by atoms with van der Waals surface area (Å²) in [4.78, 5) is 0. The lowest BCUT2D eigenvalue weighted by atomic mass is 10.0. The number of phenolic OH excluding ortho intramolecular Hbond substituents is 1. The number of hydrogen-bond donors (Lipinski definition) is 1. The molecule has 0 aromatic heterocycles. The van der Waals surface area contributed by atoms with Gasteiger partial charge in [0.25, 0.3) is 0 Å². The summed E-state index contributed by atoms with van der Waals surface area (Å²) in [6, 6.07) is 4.02. The Morgan fingerprint density at radius 1 is 0.944 bits per heavy atom. The van der Waals surface area contributed by atoms with Crippen molar-refractivity contribution in [2.45, 2.75) is 16.1 Å². The number of benzene rings is 1. The van der Waals surface area contributed by atoms with Crippen molar-refractivity contribution in [1.82, 2.24) is 0 Å². The fourth-order valence-corrected chi connectivity index (χ4v) is 8.47. The molecule has 0 aliphatic carbocycles. The first-order valence-corrected chi connectivity index (χ1v) is 10.3. The van der Waals surface area contributed by atoms with Crippen LogP contribution in [-0.2, 0) is 0 Å². The van der Waals surface area contributed by atoms with Crippen LogP contribution in [0.1, 0.15) is 25.9 Å². The molecule has 0 atom stereocenters. The average Bonchev–Trinajstić information content (AvgIpc) is 3.01. The van der Waals surface area contributed by atoms with E-state index >= 15 is 0 Å². The Morgan fingerprint density at radius 3 is 2.11 bits per heavy atom. The van der Waals surface area contributed by atoms with Crippen molar-refractivity contribution in [1.29, 1.82) is 0 Å². The van der Waals surface area contributed by atoms with E-state index in [4.69, 9.17) is 0 Å². The first kappa shape index (κ1) is 13.4. The molecular formula is C13H16OS4. The zero-order valence-corrected chi connectivity index (χ0v) is 13.5. The molecule has 0 unspecified atom stereocenters. The quantitative estimate of drug-likeness (QED) is 0.854. The van der Waals surface area contributed by atoms with Gasteiger partial charge in [0, 0.05) is 28.6 Å². The highest BCUT2D eigenvalue weighted by Crippen LogP contribution is 2.53. The average molecular weight is 317 g/mol. The Kier molecular flexibility index (Phi) is 4.33. The van der Waals surface area contributed by atoms with Crippen molar-refractivity contribution in [2.75, 3.05) is 23.0 Å². The van der Waals surface area contributed by atoms with E-state index < -0.39 is 0 Å². The molecule has 1 aromatic rings. The van der Waals surface area contributed by atoms with Crippen LogP contribution in [0.15, 0.2) is 12.1 Å². The molecule has 1 nitrogen and oxygen atoms in total. The second-order valence-electron chi connectivity index (χ2n) is 4.36. The Morgan fingerprint density at radius 2 is 1.50 bits per heavy atom. The fourth-order valence-electron chi connectivity index (χ4n) is 2.35. The molecule has 1 N–H and O–H groups in total. The first-order chi connectivity index (χ1) is 8.77. The molecule has 2 aliphatic rings. The molecule has 2 aliphatic heterocycles. The minimum absolute atomic E-state index is 0.432. The van der Waals surface area contributed by atoms with Crippen molar-refractivity contribution < 1.29 is 5.11 Å². The molecular weight excluding hydrogens is 300 g/mol. The standard InChI is InChI=1S/C13H16OS4/c1-8-9(12-15-4-5-16-12)2-3-10(14)11(8)13-17-6-7-18-13/h2-3,12-14H,4-7H2,1H3. The molecule has 18 heavy (non-hydrogen) atoms. The second kappa shape index (κ2) is 5.81. The van der Waals surface area contributed by atoms with Crippen LogP contribution in [0.2, 0.25) is 0 Å². The summed E-state index contributed by atoms with van der Waals surface area (Å²) in [7, 11) is 0. The molecule has 0 spiro atoms. The Bertz CT molecular complexity index is 437. The number of thioether (sulfide) groups is 4. The van der Waals surface area contributed by atoms with Gasteiger partial charge in [-0.2, -0.15) is 0 Å². The van der Waals surface area contributed by atoms with Crippen LogP contribution in [0.4, 0.5) is 0 Å². The molecule has 5 heteroatoms. The van der Waals surface area contributed by atoms with Gasteiger partial charge in [-0.1, -0.05) is 6.07 Å². The topological polar surface area (TPSA) is 20.2 Å². The summed E-state index contributed by atoms with van der Waals surface area (Å²) in [6.07, 6.45) is 0. The van der Waals surface area contributed by atoms with Crippen LogP contribution in [0.5, 0.6) is 5.75 Å². The normalized spacial score (nSPS) is 21.8. The summed E-state index contributed by atoms with van der Waals surface area (Å²) in [5.41, 5.74) is 3.91. The monoisotopic (exact) mass is 316 g/mol. The van der Waals surface area contributed by atoms with Gasteiger partial charge in [0.15, 0.2) is 0 Å². The number of rotatable bonds is 2. The largest absolute Gasteiger partial charge is 0.508 e. The Hall–Kier alpha value is 0.420. The third-order valence-electron chi connectivity index (χ3n) is 3.27. The lowest BCUT2D eigenvalue weighted by Crippen LogP contribution is -1.98. The van der Waals surface area contributed by atoms with Gasteiger partial charge in [0.05, 0.1) is 9.16 Å². The van der Waals surface area contributed by atoms with Gasteiger partial charge in [-0.3, -0.25) is 0 Å². The smallest absolute Gasteiger partial charge is 0.121 e. The van der Waals surface area contributed by atoms with Crippen LogP contribution in [0.25, 0.3) is 0 Å². The minimum atomic E-state index is 0.432.